The highest BCUT2D eigenvalue weighted by Gasteiger charge is 2.16. The number of carbonyl (C=O) groups excluding carboxylic acids is 1. The summed E-state index contributed by atoms with van der Waals surface area (Å²) in [5, 5.41) is 0. The molecule has 0 spiro atoms. The van der Waals surface area contributed by atoms with Crippen LogP contribution in [0.3, 0.4) is 0 Å². The molecule has 0 unspecified atom stereocenters. The second kappa shape index (κ2) is 6.83. The number of Topliss-reactive ketones (excluding diaryl/α,β-unsaturated/α-hetero) is 1. The van der Waals surface area contributed by atoms with Crippen molar-refractivity contribution in [3.8, 4) is 5.75 Å². The molecule has 0 saturated carbocycles. The highest BCUT2D eigenvalue weighted by molar-refractivity contribution is 7.92. The topological polar surface area (TPSA) is 72.5 Å². The van der Waals surface area contributed by atoms with E-state index in [1.165, 1.54) is 19.1 Å². The summed E-state index contributed by atoms with van der Waals surface area (Å²) in [7, 11) is -3.73. The summed E-state index contributed by atoms with van der Waals surface area (Å²) in [6.45, 7) is 5.59. The number of hydrogen-bond donors (Lipinski definition) is 1. The normalized spacial score (nSPS) is 11.1. The molecule has 0 heterocycles. The fourth-order valence-corrected chi connectivity index (χ4v) is 3.16. The third-order valence-corrected chi connectivity index (χ3v) is 4.71. The van der Waals surface area contributed by atoms with Crippen LogP contribution in [0.15, 0.2) is 47.4 Å². The second-order valence-corrected chi connectivity index (χ2v) is 6.78. The second-order valence-electron chi connectivity index (χ2n) is 5.10. The van der Waals surface area contributed by atoms with Gasteiger partial charge in [-0.15, -0.1) is 0 Å². The predicted molar refractivity (Wildman–Crippen MR) is 89.6 cm³/mol. The molecule has 1 N–H and O–H groups in total. The predicted octanol–water partition coefficient (Wildman–Crippen LogP) is 3.40. The van der Waals surface area contributed by atoms with E-state index in [1.54, 1.807) is 37.3 Å². The van der Waals surface area contributed by atoms with Crippen LogP contribution in [-0.4, -0.2) is 20.8 Å². The number of sulfonamides is 1. The van der Waals surface area contributed by atoms with Gasteiger partial charge >= 0.3 is 0 Å². The fraction of sp³-hybridized carbons (Fsp3) is 0.235. The van der Waals surface area contributed by atoms with Gasteiger partial charge in [0.15, 0.2) is 5.78 Å². The van der Waals surface area contributed by atoms with Crippen molar-refractivity contribution < 1.29 is 17.9 Å². The summed E-state index contributed by atoms with van der Waals surface area (Å²) in [6.07, 6.45) is 0. The molecule has 6 heteroatoms. The van der Waals surface area contributed by atoms with Gasteiger partial charge in [0.2, 0.25) is 0 Å². The van der Waals surface area contributed by atoms with Gasteiger partial charge in [-0.25, -0.2) is 8.42 Å². The maximum atomic E-state index is 12.5. The van der Waals surface area contributed by atoms with Crippen LogP contribution in [0.5, 0.6) is 5.75 Å². The van der Waals surface area contributed by atoms with Crippen molar-refractivity contribution >= 4 is 21.5 Å². The summed E-state index contributed by atoms with van der Waals surface area (Å²) in [6, 6.07) is 11.1. The third kappa shape index (κ3) is 4.10. The maximum absolute atomic E-state index is 12.5. The van der Waals surface area contributed by atoms with Crippen molar-refractivity contribution in [2.24, 2.45) is 0 Å². The number of carbonyl (C=O) groups is 1. The average Bonchev–Trinajstić information content (AvgIpc) is 2.50. The molecule has 23 heavy (non-hydrogen) atoms. The van der Waals surface area contributed by atoms with Crippen molar-refractivity contribution in [3.05, 3.63) is 53.6 Å². The average molecular weight is 333 g/mol. The van der Waals surface area contributed by atoms with E-state index in [4.69, 9.17) is 4.74 Å². The van der Waals surface area contributed by atoms with Gasteiger partial charge in [-0.1, -0.05) is 12.1 Å². The number of anilines is 1. The van der Waals surface area contributed by atoms with Crippen molar-refractivity contribution in [1.82, 2.24) is 0 Å². The molecule has 0 atom stereocenters. The first-order valence-corrected chi connectivity index (χ1v) is 8.69. The van der Waals surface area contributed by atoms with Gasteiger partial charge in [0.25, 0.3) is 10.0 Å². The first kappa shape index (κ1) is 17.0. The van der Waals surface area contributed by atoms with Crippen LogP contribution in [0.1, 0.15) is 29.8 Å². The molecule has 0 amide bonds. The number of aryl methyl sites for hydroxylation is 1. The molecule has 0 aliphatic rings. The van der Waals surface area contributed by atoms with Crippen molar-refractivity contribution in [2.45, 2.75) is 25.7 Å². The van der Waals surface area contributed by atoms with Crippen LogP contribution in [0.2, 0.25) is 0 Å². The Labute approximate surface area is 136 Å². The lowest BCUT2D eigenvalue weighted by Gasteiger charge is -2.12. The zero-order valence-corrected chi connectivity index (χ0v) is 14.1. The highest BCUT2D eigenvalue weighted by atomic mass is 32.2. The number of ketones is 1. The number of nitrogens with one attached hydrogen (secondary N) is 1. The molecule has 0 aliphatic carbocycles. The van der Waals surface area contributed by atoms with Crippen LogP contribution in [0.4, 0.5) is 5.69 Å². The number of ether oxygens (including phenoxy) is 1. The molecule has 0 aliphatic heterocycles. The Morgan fingerprint density at radius 1 is 1.13 bits per heavy atom. The molecule has 0 aromatic heterocycles. The Hall–Kier alpha value is -2.34. The van der Waals surface area contributed by atoms with E-state index >= 15 is 0 Å². The van der Waals surface area contributed by atoms with E-state index in [2.05, 4.69) is 4.72 Å². The van der Waals surface area contributed by atoms with Crippen molar-refractivity contribution in [1.29, 1.82) is 0 Å². The third-order valence-electron chi connectivity index (χ3n) is 3.33. The van der Waals surface area contributed by atoms with Gasteiger partial charge in [-0.3, -0.25) is 9.52 Å². The lowest BCUT2D eigenvalue weighted by Crippen LogP contribution is -2.14. The minimum Gasteiger partial charge on any atom is -0.494 e. The van der Waals surface area contributed by atoms with E-state index in [-0.39, 0.29) is 10.7 Å². The highest BCUT2D eigenvalue weighted by Crippen LogP contribution is 2.23. The Morgan fingerprint density at radius 3 is 2.35 bits per heavy atom. The molecule has 0 fully saturated rings. The Bertz CT molecular complexity index is 811. The zero-order valence-electron chi connectivity index (χ0n) is 13.3. The largest absolute Gasteiger partial charge is 0.494 e. The fourth-order valence-electron chi connectivity index (χ4n) is 2.04. The maximum Gasteiger partial charge on any atom is 0.261 e. The molecule has 0 bridgehead atoms. The Morgan fingerprint density at radius 2 is 1.78 bits per heavy atom. The Balaban J connectivity index is 2.30. The van der Waals surface area contributed by atoms with Crippen LogP contribution in [0.25, 0.3) is 0 Å². The number of rotatable bonds is 6. The van der Waals surface area contributed by atoms with E-state index in [9.17, 15) is 13.2 Å². The minimum absolute atomic E-state index is 0.119. The summed E-state index contributed by atoms with van der Waals surface area (Å²) < 4.78 is 32.8. The summed E-state index contributed by atoms with van der Waals surface area (Å²) >= 11 is 0. The summed E-state index contributed by atoms with van der Waals surface area (Å²) in [5.41, 5.74) is 1.59. The lowest BCUT2D eigenvalue weighted by atomic mass is 10.1. The molecule has 0 saturated heterocycles. The molecule has 2 rings (SSSR count). The van der Waals surface area contributed by atoms with Crippen molar-refractivity contribution in [3.63, 3.8) is 0 Å². The zero-order chi connectivity index (χ0) is 17.0. The van der Waals surface area contributed by atoms with Crippen LogP contribution in [-0.2, 0) is 10.0 Å². The van der Waals surface area contributed by atoms with E-state index in [0.29, 0.717) is 23.6 Å². The lowest BCUT2D eigenvalue weighted by molar-refractivity contribution is 0.101. The molecule has 122 valence electrons. The smallest absolute Gasteiger partial charge is 0.261 e. The minimum atomic E-state index is -3.73. The monoisotopic (exact) mass is 333 g/mol. The standard InChI is InChI=1S/C17H19NO4S/c1-4-22-15-7-9-16(10-8-15)23(20,21)18-17-11-14(13(3)19)6-5-12(17)2/h5-11,18H,4H2,1-3H3. The SMILES string of the molecule is CCOc1ccc(S(=O)(=O)Nc2cc(C(C)=O)ccc2C)cc1. The molecule has 2 aromatic rings. The van der Waals surface area contributed by atoms with Crippen LogP contribution < -0.4 is 9.46 Å². The van der Waals surface area contributed by atoms with E-state index in [0.717, 1.165) is 5.56 Å². The van der Waals surface area contributed by atoms with Crippen LogP contribution >= 0.6 is 0 Å². The molecule has 0 radical (unpaired) electrons. The molecular formula is C17H19NO4S. The van der Waals surface area contributed by atoms with Gasteiger partial charge in [-0.2, -0.15) is 0 Å². The first-order chi connectivity index (χ1) is 10.8. The molecular weight excluding hydrogens is 314 g/mol. The van der Waals surface area contributed by atoms with Gasteiger partial charge in [0, 0.05) is 5.56 Å². The van der Waals surface area contributed by atoms with Gasteiger partial charge in [0.05, 0.1) is 17.2 Å². The number of hydrogen-bond acceptors (Lipinski definition) is 4. The number of benzene rings is 2. The quantitative estimate of drug-likeness (QED) is 0.822. The van der Waals surface area contributed by atoms with Crippen LogP contribution in [0, 0.1) is 6.92 Å². The van der Waals surface area contributed by atoms with Gasteiger partial charge in [0.1, 0.15) is 5.75 Å². The molecule has 2 aromatic carbocycles. The van der Waals surface area contributed by atoms with E-state index < -0.39 is 10.0 Å². The first-order valence-electron chi connectivity index (χ1n) is 7.21. The molecule has 5 nitrogen and oxygen atoms in total. The van der Waals surface area contributed by atoms with Gasteiger partial charge in [-0.05, 0) is 56.7 Å². The summed E-state index contributed by atoms with van der Waals surface area (Å²) in [4.78, 5) is 11.6. The van der Waals surface area contributed by atoms with Crippen molar-refractivity contribution in [2.75, 3.05) is 11.3 Å². The van der Waals surface area contributed by atoms with E-state index in [1.807, 2.05) is 6.92 Å². The van der Waals surface area contributed by atoms with Gasteiger partial charge < -0.3 is 4.74 Å². The summed E-state index contributed by atoms with van der Waals surface area (Å²) in [5.74, 6) is 0.493. The Kier molecular flexibility index (Phi) is 5.05.